The van der Waals surface area contributed by atoms with Gasteiger partial charge in [-0.15, -0.1) is 0 Å². The number of hydrogen-bond donors (Lipinski definition) is 5. The Bertz CT molecular complexity index is 1400. The van der Waals surface area contributed by atoms with Gasteiger partial charge in [-0.2, -0.15) is 0 Å². The first-order valence-electron chi connectivity index (χ1n) is 9.76. The Morgan fingerprint density at radius 1 is 0.912 bits per heavy atom. The summed E-state index contributed by atoms with van der Waals surface area (Å²) < 4.78 is 10.4. The van der Waals surface area contributed by atoms with Crippen LogP contribution >= 0.6 is 0 Å². The molecule has 5 N–H and O–H groups in total. The van der Waals surface area contributed by atoms with Gasteiger partial charge < -0.3 is 34.7 Å². The summed E-state index contributed by atoms with van der Waals surface area (Å²) in [7, 11) is 1.27. The molecule has 0 aliphatic rings. The number of methoxy groups -OCH3 is 1. The molecule has 0 saturated heterocycles. The first-order chi connectivity index (χ1) is 16.2. The second kappa shape index (κ2) is 10.1. The molecule has 9 nitrogen and oxygen atoms in total. The number of carboxylic acid groups (broad SMARTS) is 1. The van der Waals surface area contributed by atoms with E-state index < -0.39 is 17.1 Å². The van der Waals surface area contributed by atoms with Crippen LogP contribution in [0.5, 0.6) is 28.7 Å². The molecule has 174 valence electrons. The first kappa shape index (κ1) is 23.7. The predicted molar refractivity (Wildman–Crippen MR) is 124 cm³/mol. The maximum atomic E-state index is 12.2. The number of phenolic OH excluding ortho intramolecular Hbond substituents is 4. The molecule has 9 heteroatoms. The van der Waals surface area contributed by atoms with Gasteiger partial charge in [0.2, 0.25) is 5.75 Å². The fourth-order valence-electron chi connectivity index (χ4n) is 2.99. The van der Waals surface area contributed by atoms with Crippen LogP contribution in [0.15, 0.2) is 76.0 Å². The Labute approximate surface area is 192 Å². The highest BCUT2D eigenvalue weighted by molar-refractivity contribution is 5.89. The average molecular weight is 464 g/mol. The highest BCUT2D eigenvalue weighted by Gasteiger charge is 2.18. The minimum Gasteiger partial charge on any atom is -0.508 e. The second-order valence-electron chi connectivity index (χ2n) is 6.94. The van der Waals surface area contributed by atoms with Crippen LogP contribution < -0.4 is 10.2 Å². The Kier molecular flexibility index (Phi) is 7.07. The number of hydrogen-bond acceptors (Lipinski definition) is 8. The van der Waals surface area contributed by atoms with Crippen molar-refractivity contribution in [2.45, 2.75) is 0 Å². The van der Waals surface area contributed by atoms with Crippen LogP contribution in [0, 0.1) is 0 Å². The summed E-state index contributed by atoms with van der Waals surface area (Å²) >= 11 is 0. The van der Waals surface area contributed by atoms with E-state index in [1.165, 1.54) is 49.6 Å². The van der Waals surface area contributed by atoms with Crippen LogP contribution in [0.3, 0.4) is 0 Å². The van der Waals surface area contributed by atoms with Gasteiger partial charge in [0.25, 0.3) is 0 Å². The maximum Gasteiger partial charge on any atom is 0.328 e. The number of carboxylic acids is 1. The predicted octanol–water partition coefficient (Wildman–Crippen LogP) is 4.08. The van der Waals surface area contributed by atoms with Crippen molar-refractivity contribution < 1.29 is 39.5 Å². The summed E-state index contributed by atoms with van der Waals surface area (Å²) in [4.78, 5) is 22.3. The number of aliphatic carboxylic acids is 1. The van der Waals surface area contributed by atoms with Crippen LogP contribution in [-0.2, 0) is 4.79 Å². The van der Waals surface area contributed by atoms with Gasteiger partial charge in [-0.05, 0) is 48.0 Å². The van der Waals surface area contributed by atoms with E-state index >= 15 is 0 Å². The third-order valence-corrected chi connectivity index (χ3v) is 4.59. The van der Waals surface area contributed by atoms with Crippen LogP contribution in [0.4, 0.5) is 0 Å². The molecule has 0 saturated carbocycles. The summed E-state index contributed by atoms with van der Waals surface area (Å²) in [5.74, 6) is -1.46. The zero-order valence-corrected chi connectivity index (χ0v) is 17.8. The Morgan fingerprint density at radius 2 is 1.50 bits per heavy atom. The van der Waals surface area contributed by atoms with Gasteiger partial charge in [0.15, 0.2) is 16.9 Å². The maximum absolute atomic E-state index is 12.2. The summed E-state index contributed by atoms with van der Waals surface area (Å²) in [6.45, 7) is 0. The van der Waals surface area contributed by atoms with E-state index in [1.807, 2.05) is 0 Å². The second-order valence-corrected chi connectivity index (χ2v) is 6.94. The molecule has 1 aromatic heterocycles. The highest BCUT2D eigenvalue weighted by Crippen LogP contribution is 2.41. The van der Waals surface area contributed by atoms with Crippen molar-refractivity contribution in [2.24, 2.45) is 0 Å². The number of aromatic hydroxyl groups is 4. The molecule has 0 aliphatic carbocycles. The molecule has 0 unspecified atom stereocenters. The van der Waals surface area contributed by atoms with Gasteiger partial charge in [-0.1, -0.05) is 12.1 Å². The normalized spacial score (nSPS) is 10.6. The van der Waals surface area contributed by atoms with E-state index in [2.05, 4.69) is 0 Å². The third kappa shape index (κ3) is 5.46. The van der Waals surface area contributed by atoms with Crippen molar-refractivity contribution in [1.29, 1.82) is 0 Å². The Hall–Kier alpha value is -4.92. The minimum absolute atomic E-state index is 0.0337. The van der Waals surface area contributed by atoms with Gasteiger partial charge in [0, 0.05) is 23.8 Å². The summed E-state index contributed by atoms with van der Waals surface area (Å²) in [5.41, 5.74) is 0.883. The van der Waals surface area contributed by atoms with Crippen molar-refractivity contribution in [3.8, 4) is 40.1 Å². The van der Waals surface area contributed by atoms with E-state index in [0.717, 1.165) is 11.6 Å². The van der Waals surface area contributed by atoms with Crippen LogP contribution in [-0.4, -0.2) is 38.6 Å². The standard InChI is InChI=1S/C16H12O6.C9H8O3/c1-21-16-11(19)7-13-14(15(16)20)10(18)6-12(22-13)8-2-4-9(17)5-3-8;10-8-4-1-7(2-5-8)3-6-9(11)12/h2-7,17,19-20H,1H3;1-6,10H,(H,11,12)/b;6-3+. The van der Waals surface area contributed by atoms with Gasteiger partial charge in [0.1, 0.15) is 28.2 Å². The number of carbonyl (C=O) groups is 1. The lowest BCUT2D eigenvalue weighted by Crippen LogP contribution is -2.01. The Morgan fingerprint density at radius 3 is 2.06 bits per heavy atom. The highest BCUT2D eigenvalue weighted by atomic mass is 16.5. The zero-order valence-electron chi connectivity index (χ0n) is 17.8. The van der Waals surface area contributed by atoms with Crippen LogP contribution in [0.25, 0.3) is 28.4 Å². The number of benzene rings is 3. The fraction of sp³-hybridized carbons (Fsp3) is 0.0400. The molecular formula is C25H20O9. The SMILES string of the molecule is COc1c(O)cc2oc(-c3ccc(O)cc3)cc(=O)c2c1O.O=C(O)/C=C/c1ccc(O)cc1. The van der Waals surface area contributed by atoms with E-state index in [1.54, 1.807) is 24.3 Å². The van der Waals surface area contributed by atoms with Crippen LogP contribution in [0.2, 0.25) is 0 Å². The molecule has 34 heavy (non-hydrogen) atoms. The molecular weight excluding hydrogens is 444 g/mol. The van der Waals surface area contributed by atoms with E-state index in [-0.39, 0.29) is 39.7 Å². The molecule has 0 fully saturated rings. The molecule has 1 heterocycles. The van der Waals surface area contributed by atoms with Crippen molar-refractivity contribution in [3.05, 3.63) is 82.5 Å². The number of ether oxygens (including phenoxy) is 1. The zero-order chi connectivity index (χ0) is 24.8. The largest absolute Gasteiger partial charge is 0.508 e. The van der Waals surface area contributed by atoms with E-state index in [0.29, 0.717) is 5.56 Å². The number of rotatable bonds is 4. The lowest BCUT2D eigenvalue weighted by Gasteiger charge is -2.09. The van der Waals surface area contributed by atoms with E-state index in [4.69, 9.17) is 19.4 Å². The number of phenols is 4. The lowest BCUT2D eigenvalue weighted by atomic mass is 10.1. The molecule has 0 amide bonds. The molecule has 0 bridgehead atoms. The molecule has 4 aromatic rings. The topological polar surface area (TPSA) is 158 Å². The molecule has 0 atom stereocenters. The average Bonchev–Trinajstić information content (AvgIpc) is 2.79. The van der Waals surface area contributed by atoms with Gasteiger partial charge >= 0.3 is 5.97 Å². The minimum atomic E-state index is -0.983. The van der Waals surface area contributed by atoms with E-state index in [9.17, 15) is 24.9 Å². The van der Waals surface area contributed by atoms with Gasteiger partial charge in [-0.3, -0.25) is 4.79 Å². The van der Waals surface area contributed by atoms with Gasteiger partial charge in [0.05, 0.1) is 7.11 Å². The molecule has 4 rings (SSSR count). The monoisotopic (exact) mass is 464 g/mol. The summed E-state index contributed by atoms with van der Waals surface area (Å²) in [6, 6.07) is 14.8. The Balaban J connectivity index is 0.000000229. The third-order valence-electron chi connectivity index (χ3n) is 4.59. The quantitative estimate of drug-likeness (QED) is 0.281. The molecule has 0 radical (unpaired) electrons. The molecule has 0 spiro atoms. The van der Waals surface area contributed by atoms with Crippen molar-refractivity contribution >= 4 is 23.0 Å². The number of fused-ring (bicyclic) bond motifs is 1. The first-order valence-corrected chi connectivity index (χ1v) is 9.76. The van der Waals surface area contributed by atoms with Gasteiger partial charge in [-0.25, -0.2) is 4.79 Å². The smallest absolute Gasteiger partial charge is 0.328 e. The van der Waals surface area contributed by atoms with Crippen molar-refractivity contribution in [3.63, 3.8) is 0 Å². The van der Waals surface area contributed by atoms with Crippen LogP contribution in [0.1, 0.15) is 5.56 Å². The lowest BCUT2D eigenvalue weighted by molar-refractivity contribution is -0.131. The summed E-state index contributed by atoms with van der Waals surface area (Å²) in [5, 5.41) is 46.2. The fourth-order valence-corrected chi connectivity index (χ4v) is 2.99. The van der Waals surface area contributed by atoms with Crippen molar-refractivity contribution in [2.75, 3.05) is 7.11 Å². The summed E-state index contributed by atoms with van der Waals surface area (Å²) in [6.07, 6.45) is 2.51. The van der Waals surface area contributed by atoms with Crippen molar-refractivity contribution in [1.82, 2.24) is 0 Å². The molecule has 3 aromatic carbocycles. The molecule has 0 aliphatic heterocycles.